The highest BCUT2D eigenvalue weighted by atomic mass is 16.6. The number of fused-ring (bicyclic) bond motifs is 5. The number of allylic oxidation sites excluding steroid dienone is 1. The van der Waals surface area contributed by atoms with E-state index in [9.17, 15) is 9.59 Å². The quantitative estimate of drug-likeness (QED) is 0.739. The van der Waals surface area contributed by atoms with Crippen molar-refractivity contribution in [3.05, 3.63) is 11.6 Å². The molecular weight excluding hydrogens is 302 g/mol. The minimum absolute atomic E-state index is 0.0553. The van der Waals surface area contributed by atoms with Crippen LogP contribution in [0.3, 0.4) is 0 Å². The number of amides is 1. The number of rotatable bonds is 1. The number of carbonyl (C=O) groups is 2. The Morgan fingerprint density at radius 1 is 1.17 bits per heavy atom. The number of hydrogen-bond acceptors (Lipinski definition) is 3. The lowest BCUT2D eigenvalue weighted by atomic mass is 9.48. The monoisotopic (exact) mass is 331 g/mol. The Balaban J connectivity index is 1.60. The second kappa shape index (κ2) is 5.34. The van der Waals surface area contributed by atoms with Gasteiger partial charge in [-0.3, -0.25) is 4.79 Å². The number of carbonyl (C=O) groups excluding carboxylic acids is 2. The maximum Gasteiger partial charge on any atom is 0.404 e. The molecule has 0 radical (unpaired) electrons. The van der Waals surface area contributed by atoms with Gasteiger partial charge in [0.25, 0.3) is 0 Å². The maximum absolute atomic E-state index is 12.4. The molecule has 0 aromatic heterocycles. The van der Waals surface area contributed by atoms with Crippen LogP contribution in [0.5, 0.6) is 0 Å². The van der Waals surface area contributed by atoms with Crippen LogP contribution in [0, 0.1) is 28.6 Å². The van der Waals surface area contributed by atoms with Crippen molar-refractivity contribution in [3.8, 4) is 0 Å². The highest BCUT2D eigenvalue weighted by molar-refractivity contribution is 5.87. The normalized spacial score (nSPS) is 47.2. The zero-order chi connectivity index (χ0) is 17.1. The molecule has 0 saturated heterocycles. The van der Waals surface area contributed by atoms with E-state index in [4.69, 9.17) is 10.5 Å². The van der Waals surface area contributed by atoms with Gasteiger partial charge in [0.1, 0.15) is 11.9 Å². The second-order valence-corrected chi connectivity index (χ2v) is 8.98. The first-order valence-corrected chi connectivity index (χ1v) is 9.53. The Kier molecular flexibility index (Phi) is 3.59. The zero-order valence-electron chi connectivity index (χ0n) is 14.8. The molecule has 2 N–H and O–H groups in total. The summed E-state index contributed by atoms with van der Waals surface area (Å²) in [6.07, 6.45) is 9.68. The summed E-state index contributed by atoms with van der Waals surface area (Å²) in [6, 6.07) is 0. The molecule has 0 bridgehead atoms. The summed E-state index contributed by atoms with van der Waals surface area (Å²) in [5.41, 5.74) is 6.83. The van der Waals surface area contributed by atoms with E-state index in [1.54, 1.807) is 0 Å². The summed E-state index contributed by atoms with van der Waals surface area (Å²) in [5, 5.41) is 0. The van der Waals surface area contributed by atoms with Gasteiger partial charge in [-0.2, -0.15) is 0 Å². The van der Waals surface area contributed by atoms with E-state index in [1.807, 2.05) is 0 Å². The summed E-state index contributed by atoms with van der Waals surface area (Å²) in [7, 11) is 0. The molecule has 0 aliphatic heterocycles. The third-order valence-corrected chi connectivity index (χ3v) is 8.05. The molecule has 4 aliphatic carbocycles. The van der Waals surface area contributed by atoms with Crippen molar-refractivity contribution >= 4 is 11.9 Å². The third-order valence-electron chi connectivity index (χ3n) is 8.05. The van der Waals surface area contributed by atoms with Crippen LogP contribution in [0.15, 0.2) is 11.6 Å². The van der Waals surface area contributed by atoms with Crippen LogP contribution in [0.25, 0.3) is 0 Å². The average Bonchev–Trinajstić information content (AvgIpc) is 2.83. The number of ether oxygens (including phenoxy) is 1. The van der Waals surface area contributed by atoms with Crippen LogP contribution >= 0.6 is 0 Å². The Hall–Kier alpha value is -1.32. The second-order valence-electron chi connectivity index (χ2n) is 8.98. The van der Waals surface area contributed by atoms with Crippen molar-refractivity contribution in [2.45, 2.75) is 71.3 Å². The van der Waals surface area contributed by atoms with E-state index in [2.05, 4.69) is 19.9 Å². The number of ketones is 1. The molecule has 3 unspecified atom stereocenters. The van der Waals surface area contributed by atoms with Crippen molar-refractivity contribution in [1.29, 1.82) is 0 Å². The van der Waals surface area contributed by atoms with E-state index < -0.39 is 6.09 Å². The molecule has 24 heavy (non-hydrogen) atoms. The molecule has 0 aromatic carbocycles. The predicted octanol–water partition coefficient (Wildman–Crippen LogP) is 3.98. The predicted molar refractivity (Wildman–Crippen MR) is 91.2 cm³/mol. The molecule has 0 aromatic rings. The van der Waals surface area contributed by atoms with Crippen molar-refractivity contribution in [2.24, 2.45) is 34.3 Å². The fourth-order valence-electron chi connectivity index (χ4n) is 6.66. The fraction of sp³-hybridized carbons (Fsp3) is 0.800. The maximum atomic E-state index is 12.4. The first-order valence-electron chi connectivity index (χ1n) is 9.53. The molecule has 0 spiro atoms. The van der Waals surface area contributed by atoms with Crippen molar-refractivity contribution < 1.29 is 14.3 Å². The Labute approximate surface area is 144 Å². The summed E-state index contributed by atoms with van der Waals surface area (Å²) >= 11 is 0. The summed E-state index contributed by atoms with van der Waals surface area (Å²) in [5.74, 6) is 2.40. The number of primary amides is 1. The fourth-order valence-corrected chi connectivity index (χ4v) is 6.66. The number of nitrogens with two attached hydrogens (primary N) is 1. The van der Waals surface area contributed by atoms with Gasteiger partial charge >= 0.3 is 6.09 Å². The average molecular weight is 331 g/mol. The van der Waals surface area contributed by atoms with Crippen LogP contribution in [0.2, 0.25) is 0 Å². The lowest BCUT2D eigenvalue weighted by Crippen LogP contribution is -2.50. The van der Waals surface area contributed by atoms with Crippen LogP contribution in [0.4, 0.5) is 4.79 Å². The van der Waals surface area contributed by atoms with Gasteiger partial charge in [-0.05, 0) is 61.7 Å². The lowest BCUT2D eigenvalue weighted by Gasteiger charge is -2.56. The summed E-state index contributed by atoms with van der Waals surface area (Å²) in [6.45, 7) is 4.64. The number of hydrogen-bond donors (Lipinski definition) is 1. The van der Waals surface area contributed by atoms with Gasteiger partial charge in [0, 0.05) is 18.3 Å². The van der Waals surface area contributed by atoms with Crippen LogP contribution in [-0.2, 0) is 9.53 Å². The minimum atomic E-state index is -0.657. The van der Waals surface area contributed by atoms with E-state index >= 15 is 0 Å². The highest BCUT2D eigenvalue weighted by Crippen LogP contribution is 2.64. The highest BCUT2D eigenvalue weighted by Gasteiger charge is 2.58. The van der Waals surface area contributed by atoms with Gasteiger partial charge in [0.05, 0.1) is 0 Å². The summed E-state index contributed by atoms with van der Waals surface area (Å²) < 4.78 is 5.27. The number of Topliss-reactive ketones (excluding diaryl/α,β-unsaturated/α-hetero) is 1. The van der Waals surface area contributed by atoms with Gasteiger partial charge in [-0.25, -0.2) is 4.79 Å². The lowest BCUT2D eigenvalue weighted by molar-refractivity contribution is -0.132. The van der Waals surface area contributed by atoms with Crippen LogP contribution in [0.1, 0.15) is 65.2 Å². The Morgan fingerprint density at radius 2 is 1.88 bits per heavy atom. The first-order chi connectivity index (χ1) is 11.3. The van der Waals surface area contributed by atoms with Gasteiger partial charge in [0.2, 0.25) is 0 Å². The Bertz CT molecular complexity index is 612. The van der Waals surface area contributed by atoms with E-state index in [0.717, 1.165) is 44.9 Å². The molecule has 1 amide bonds. The molecule has 3 fully saturated rings. The van der Waals surface area contributed by atoms with Gasteiger partial charge in [0.15, 0.2) is 0 Å². The minimum Gasteiger partial charge on any atom is -0.446 e. The first kappa shape index (κ1) is 16.2. The smallest absolute Gasteiger partial charge is 0.404 e. The molecule has 4 rings (SSSR count). The Morgan fingerprint density at radius 3 is 2.62 bits per heavy atom. The third kappa shape index (κ3) is 2.18. The summed E-state index contributed by atoms with van der Waals surface area (Å²) in [4.78, 5) is 23.5. The molecule has 132 valence electrons. The van der Waals surface area contributed by atoms with Gasteiger partial charge in [-0.1, -0.05) is 25.5 Å². The topological polar surface area (TPSA) is 69.4 Å². The molecule has 0 heterocycles. The standard InChI is InChI=1S/C20H29NO3/c1-19-9-7-13(24-18(21)23)11-12(19)3-4-14-15-5-6-17(22)20(15,2)10-8-16(14)19/h3,13-16H,4-11H2,1-2H3,(H2,21,23)/t13-,14?,15?,16?,19-,20-/m0/s1. The molecule has 3 saturated carbocycles. The van der Waals surface area contributed by atoms with Crippen molar-refractivity contribution in [2.75, 3.05) is 0 Å². The molecule has 4 heteroatoms. The molecule has 4 nitrogen and oxygen atoms in total. The molecular formula is C20H29NO3. The van der Waals surface area contributed by atoms with E-state index in [-0.39, 0.29) is 16.9 Å². The molecule has 6 atom stereocenters. The van der Waals surface area contributed by atoms with Crippen molar-refractivity contribution in [3.63, 3.8) is 0 Å². The SMILES string of the molecule is C[C@]12CC[C@H](OC(N)=O)CC1=CCC1C2CC[C@]2(C)C(=O)CCC12. The van der Waals surface area contributed by atoms with Crippen molar-refractivity contribution in [1.82, 2.24) is 0 Å². The zero-order valence-corrected chi connectivity index (χ0v) is 14.8. The van der Waals surface area contributed by atoms with E-state index in [0.29, 0.717) is 23.5 Å². The molecule has 4 aliphatic rings. The van der Waals surface area contributed by atoms with E-state index in [1.165, 1.54) is 12.0 Å². The van der Waals surface area contributed by atoms with Crippen LogP contribution in [-0.4, -0.2) is 18.0 Å². The van der Waals surface area contributed by atoms with Gasteiger partial charge < -0.3 is 10.5 Å². The van der Waals surface area contributed by atoms with Gasteiger partial charge in [-0.15, -0.1) is 0 Å². The van der Waals surface area contributed by atoms with Crippen LogP contribution < -0.4 is 5.73 Å². The largest absolute Gasteiger partial charge is 0.446 e.